The van der Waals surface area contributed by atoms with Crippen molar-refractivity contribution in [1.82, 2.24) is 4.98 Å². The standard InChI is InChI=1S/C19H14N2O5/c1-10-13(14-8-11(21(23)24)6-7-15(14)20-10)9-17-18(22)12-4-3-5-16(25-2)19(12)26-17/h3-9,20H,1-2H3. The number of H-pyrrole nitrogens is 1. The molecule has 7 nitrogen and oxygen atoms in total. The molecule has 2 heterocycles. The molecule has 0 aliphatic carbocycles. The number of aromatic amines is 1. The zero-order valence-electron chi connectivity index (χ0n) is 14.0. The smallest absolute Gasteiger partial charge is 0.270 e. The summed E-state index contributed by atoms with van der Waals surface area (Å²) in [5.41, 5.74) is 2.63. The van der Waals surface area contributed by atoms with E-state index in [1.807, 2.05) is 6.92 Å². The minimum atomic E-state index is -0.448. The van der Waals surface area contributed by atoms with Crippen LogP contribution in [0.15, 0.2) is 42.2 Å². The molecule has 1 aliphatic heterocycles. The number of rotatable bonds is 3. The minimum absolute atomic E-state index is 0.0141. The van der Waals surface area contributed by atoms with Crippen molar-refractivity contribution < 1.29 is 19.2 Å². The molecule has 0 bridgehead atoms. The van der Waals surface area contributed by atoms with Gasteiger partial charge in [-0.25, -0.2) is 0 Å². The Kier molecular flexibility index (Phi) is 3.50. The van der Waals surface area contributed by atoms with Crippen molar-refractivity contribution in [2.45, 2.75) is 6.92 Å². The van der Waals surface area contributed by atoms with Crippen LogP contribution in [0.3, 0.4) is 0 Å². The highest BCUT2D eigenvalue weighted by Gasteiger charge is 2.30. The number of nitrogens with zero attached hydrogens (tertiary/aromatic N) is 1. The van der Waals surface area contributed by atoms with Gasteiger partial charge in [0.05, 0.1) is 17.6 Å². The summed E-state index contributed by atoms with van der Waals surface area (Å²) in [6.45, 7) is 1.84. The summed E-state index contributed by atoms with van der Waals surface area (Å²) in [7, 11) is 1.51. The number of para-hydroxylation sites is 1. The molecular weight excluding hydrogens is 336 g/mol. The molecule has 0 spiro atoms. The van der Waals surface area contributed by atoms with Gasteiger partial charge >= 0.3 is 0 Å². The zero-order valence-corrected chi connectivity index (χ0v) is 14.0. The van der Waals surface area contributed by atoms with Gasteiger partial charge in [0.25, 0.3) is 5.69 Å². The SMILES string of the molecule is COc1cccc2c1OC(=Cc1c(C)[nH]c3ccc([N+](=O)[O-])cc13)C2=O. The number of nitro benzene ring substituents is 1. The second kappa shape index (κ2) is 5.73. The summed E-state index contributed by atoms with van der Waals surface area (Å²) in [5.74, 6) is 0.762. The molecule has 1 aromatic heterocycles. The molecule has 0 radical (unpaired) electrons. The van der Waals surface area contributed by atoms with Crippen molar-refractivity contribution in [2.24, 2.45) is 0 Å². The number of carbonyl (C=O) groups excluding carboxylic acids is 1. The Bertz CT molecular complexity index is 1110. The van der Waals surface area contributed by atoms with Crippen LogP contribution in [0.25, 0.3) is 17.0 Å². The minimum Gasteiger partial charge on any atom is -0.493 e. The summed E-state index contributed by atoms with van der Waals surface area (Å²) in [4.78, 5) is 26.4. The molecule has 0 saturated carbocycles. The topological polar surface area (TPSA) is 94.5 Å². The number of carbonyl (C=O) groups is 1. The summed E-state index contributed by atoms with van der Waals surface area (Å²) in [6, 6.07) is 9.69. The molecule has 0 saturated heterocycles. The fraction of sp³-hybridized carbons (Fsp3) is 0.105. The molecule has 0 amide bonds. The fourth-order valence-corrected chi connectivity index (χ4v) is 3.11. The Morgan fingerprint density at radius 1 is 1.27 bits per heavy atom. The molecule has 0 atom stereocenters. The van der Waals surface area contributed by atoms with Crippen LogP contribution >= 0.6 is 0 Å². The van der Waals surface area contributed by atoms with E-state index in [0.29, 0.717) is 28.0 Å². The van der Waals surface area contributed by atoms with Crippen LogP contribution < -0.4 is 9.47 Å². The highest BCUT2D eigenvalue weighted by atomic mass is 16.6. The number of ketones is 1. The molecule has 130 valence electrons. The highest BCUT2D eigenvalue weighted by molar-refractivity contribution is 6.15. The molecule has 4 rings (SSSR count). The van der Waals surface area contributed by atoms with Crippen molar-refractivity contribution in [3.63, 3.8) is 0 Å². The van der Waals surface area contributed by atoms with Gasteiger partial charge in [-0.3, -0.25) is 14.9 Å². The Hall–Kier alpha value is -3.61. The number of benzene rings is 2. The Balaban J connectivity index is 1.85. The number of hydrogen-bond donors (Lipinski definition) is 1. The number of allylic oxidation sites excluding steroid dienone is 1. The first kappa shape index (κ1) is 15.9. The number of aryl methyl sites for hydroxylation is 1. The predicted molar refractivity (Wildman–Crippen MR) is 95.6 cm³/mol. The maximum atomic E-state index is 12.6. The average Bonchev–Trinajstić information content (AvgIpc) is 3.12. The maximum Gasteiger partial charge on any atom is 0.270 e. The largest absolute Gasteiger partial charge is 0.493 e. The normalized spacial score (nSPS) is 14.5. The molecule has 0 fully saturated rings. The van der Waals surface area contributed by atoms with Crippen molar-refractivity contribution in [2.75, 3.05) is 7.11 Å². The van der Waals surface area contributed by atoms with Gasteiger partial charge in [0, 0.05) is 34.3 Å². The zero-order chi connectivity index (χ0) is 18.4. The van der Waals surface area contributed by atoms with E-state index < -0.39 is 4.92 Å². The molecule has 1 N–H and O–H groups in total. The maximum absolute atomic E-state index is 12.6. The molecule has 7 heteroatoms. The van der Waals surface area contributed by atoms with Crippen molar-refractivity contribution in [3.05, 3.63) is 69.1 Å². The second-order valence-electron chi connectivity index (χ2n) is 5.93. The lowest BCUT2D eigenvalue weighted by Gasteiger charge is -2.04. The lowest BCUT2D eigenvalue weighted by atomic mass is 10.1. The van der Waals surface area contributed by atoms with E-state index in [1.54, 1.807) is 30.3 Å². The summed E-state index contributed by atoms with van der Waals surface area (Å²) in [6.07, 6.45) is 1.61. The quantitative estimate of drug-likeness (QED) is 0.437. The monoisotopic (exact) mass is 350 g/mol. The molecule has 2 aromatic carbocycles. The predicted octanol–water partition coefficient (Wildman–Crippen LogP) is 4.01. The van der Waals surface area contributed by atoms with Gasteiger partial charge in [-0.05, 0) is 31.2 Å². The van der Waals surface area contributed by atoms with Crippen LogP contribution in [-0.2, 0) is 0 Å². The van der Waals surface area contributed by atoms with Gasteiger partial charge < -0.3 is 14.5 Å². The molecule has 26 heavy (non-hydrogen) atoms. The lowest BCUT2D eigenvalue weighted by molar-refractivity contribution is -0.384. The number of fused-ring (bicyclic) bond motifs is 2. The first-order chi connectivity index (χ1) is 12.5. The summed E-state index contributed by atoms with van der Waals surface area (Å²) in [5, 5.41) is 11.7. The van der Waals surface area contributed by atoms with Gasteiger partial charge in [-0.1, -0.05) is 6.07 Å². The van der Waals surface area contributed by atoms with Crippen molar-refractivity contribution in [1.29, 1.82) is 0 Å². The summed E-state index contributed by atoms with van der Waals surface area (Å²) >= 11 is 0. The molecule has 0 unspecified atom stereocenters. The van der Waals surface area contributed by atoms with E-state index in [2.05, 4.69) is 4.98 Å². The first-order valence-corrected chi connectivity index (χ1v) is 7.87. The van der Waals surface area contributed by atoms with Gasteiger partial charge in [0.2, 0.25) is 5.78 Å². The third kappa shape index (κ3) is 2.33. The molecule has 3 aromatic rings. The van der Waals surface area contributed by atoms with E-state index in [1.165, 1.54) is 19.2 Å². The van der Waals surface area contributed by atoms with Crippen molar-refractivity contribution >= 4 is 28.4 Å². The second-order valence-corrected chi connectivity index (χ2v) is 5.93. The van der Waals surface area contributed by atoms with Gasteiger partial charge in [-0.15, -0.1) is 0 Å². The van der Waals surface area contributed by atoms with Crippen LogP contribution in [-0.4, -0.2) is 22.8 Å². The third-order valence-corrected chi connectivity index (χ3v) is 4.39. The van der Waals surface area contributed by atoms with E-state index in [0.717, 1.165) is 11.2 Å². The number of aromatic nitrogens is 1. The molecular formula is C19H14N2O5. The number of hydrogen-bond acceptors (Lipinski definition) is 5. The van der Waals surface area contributed by atoms with E-state index in [-0.39, 0.29) is 17.2 Å². The highest BCUT2D eigenvalue weighted by Crippen LogP contribution is 2.40. The van der Waals surface area contributed by atoms with Crippen molar-refractivity contribution in [3.8, 4) is 11.5 Å². The van der Waals surface area contributed by atoms with Crippen LogP contribution in [0.2, 0.25) is 0 Å². The van der Waals surface area contributed by atoms with Crippen LogP contribution in [0.5, 0.6) is 11.5 Å². The van der Waals surface area contributed by atoms with Gasteiger partial charge in [0.1, 0.15) is 0 Å². The fourth-order valence-electron chi connectivity index (χ4n) is 3.11. The van der Waals surface area contributed by atoms with Crippen LogP contribution in [0.1, 0.15) is 21.6 Å². The first-order valence-electron chi connectivity index (χ1n) is 7.87. The lowest BCUT2D eigenvalue weighted by Crippen LogP contribution is -1.98. The number of ether oxygens (including phenoxy) is 2. The van der Waals surface area contributed by atoms with E-state index in [4.69, 9.17) is 9.47 Å². The Morgan fingerprint density at radius 2 is 2.08 bits per heavy atom. The van der Waals surface area contributed by atoms with Gasteiger partial charge in [0.15, 0.2) is 17.3 Å². The van der Waals surface area contributed by atoms with E-state index in [9.17, 15) is 14.9 Å². The number of Topliss-reactive ketones (excluding diaryl/α,β-unsaturated/α-hetero) is 1. The Morgan fingerprint density at radius 3 is 2.81 bits per heavy atom. The number of nitro groups is 1. The molecule has 1 aliphatic rings. The van der Waals surface area contributed by atoms with E-state index >= 15 is 0 Å². The average molecular weight is 350 g/mol. The van der Waals surface area contributed by atoms with Gasteiger partial charge in [-0.2, -0.15) is 0 Å². The third-order valence-electron chi connectivity index (χ3n) is 4.39. The van der Waals surface area contributed by atoms with Crippen LogP contribution in [0.4, 0.5) is 5.69 Å². The number of non-ortho nitro benzene ring substituents is 1. The Labute approximate surface area is 148 Å². The summed E-state index contributed by atoms with van der Waals surface area (Å²) < 4.78 is 11.0. The number of nitrogens with one attached hydrogen (secondary N) is 1. The number of methoxy groups -OCH3 is 1. The van der Waals surface area contributed by atoms with Crippen LogP contribution in [0, 0.1) is 17.0 Å².